The van der Waals surface area contributed by atoms with Crippen molar-refractivity contribution >= 4 is 0 Å². The predicted octanol–water partition coefficient (Wildman–Crippen LogP) is 3.49. The van der Waals surface area contributed by atoms with Gasteiger partial charge in [0.25, 0.3) is 0 Å². The Kier molecular flexibility index (Phi) is 5.88. The Morgan fingerprint density at radius 3 is 2.58 bits per heavy atom. The van der Waals surface area contributed by atoms with E-state index >= 15 is 0 Å². The lowest BCUT2D eigenvalue weighted by atomic mass is 10.2. The zero-order valence-electron chi connectivity index (χ0n) is 8.04. The van der Waals surface area contributed by atoms with Crippen LogP contribution in [0.1, 0.15) is 20.8 Å². The third kappa shape index (κ3) is 2.82. The van der Waals surface area contributed by atoms with Crippen LogP contribution in [-0.2, 0) is 0 Å². The molecule has 66 valence electrons. The molecule has 2 heteroatoms. The summed E-state index contributed by atoms with van der Waals surface area (Å²) in [6, 6.07) is 0. The van der Waals surface area contributed by atoms with Gasteiger partial charge in [-0.25, -0.2) is 0 Å². The van der Waals surface area contributed by atoms with Crippen molar-refractivity contribution in [1.29, 1.82) is 0 Å². The van der Waals surface area contributed by atoms with Crippen LogP contribution in [0.2, 0.25) is 0 Å². The van der Waals surface area contributed by atoms with Gasteiger partial charge in [-0.05, 0) is 13.0 Å². The molecule has 0 saturated heterocycles. The molecule has 1 aliphatic rings. The molecule has 2 nitrogen and oxygen atoms in total. The zero-order valence-corrected chi connectivity index (χ0v) is 8.04. The molecule has 0 aromatic carbocycles. The molecule has 0 radical (unpaired) electrons. The molecule has 1 heterocycles. The molecule has 0 spiro atoms. The maximum absolute atomic E-state index is 3.92. The highest BCUT2D eigenvalue weighted by atomic mass is 15.1. The zero-order chi connectivity index (χ0) is 9.40. The Labute approximate surface area is 74.4 Å². The van der Waals surface area contributed by atoms with Gasteiger partial charge in [0.2, 0.25) is 0 Å². The van der Waals surface area contributed by atoms with Crippen molar-refractivity contribution in [3.63, 3.8) is 0 Å². The van der Waals surface area contributed by atoms with Crippen molar-refractivity contribution in [2.45, 2.75) is 20.8 Å². The minimum atomic E-state index is 0.684. The average molecular weight is 164 g/mol. The van der Waals surface area contributed by atoms with Gasteiger partial charge in [-0.1, -0.05) is 32.6 Å². The summed E-state index contributed by atoms with van der Waals surface area (Å²) < 4.78 is 0. The minimum absolute atomic E-state index is 0.684. The second kappa shape index (κ2) is 6.53. The Morgan fingerprint density at radius 1 is 1.42 bits per heavy atom. The van der Waals surface area contributed by atoms with E-state index in [4.69, 9.17) is 0 Å². The summed E-state index contributed by atoms with van der Waals surface area (Å²) in [6.45, 7) is 10.3. The fourth-order valence-electron chi connectivity index (χ4n) is 0.800. The second-order valence-electron chi connectivity index (χ2n) is 2.01. The van der Waals surface area contributed by atoms with Crippen LogP contribution in [0.15, 0.2) is 46.3 Å². The maximum Gasteiger partial charge on any atom is 0.0900 e. The average Bonchev–Trinajstić information content (AvgIpc) is 2.56. The lowest BCUT2D eigenvalue weighted by molar-refractivity contribution is 1.11. The van der Waals surface area contributed by atoms with E-state index < -0.39 is 0 Å². The van der Waals surface area contributed by atoms with Crippen LogP contribution in [0.5, 0.6) is 0 Å². The van der Waals surface area contributed by atoms with E-state index in [-0.39, 0.29) is 0 Å². The van der Waals surface area contributed by atoms with Gasteiger partial charge in [-0.2, -0.15) is 10.2 Å². The number of azo groups is 1. The summed E-state index contributed by atoms with van der Waals surface area (Å²) in [5.41, 5.74) is 2.05. The molecule has 0 N–H and O–H groups in total. The van der Waals surface area contributed by atoms with Crippen LogP contribution in [-0.4, -0.2) is 6.54 Å². The summed E-state index contributed by atoms with van der Waals surface area (Å²) in [4.78, 5) is 0. The number of nitrogens with zero attached hydrogens (tertiary/aromatic N) is 2. The molecule has 0 atom stereocenters. The molecule has 0 aliphatic carbocycles. The molecule has 0 saturated carbocycles. The molecule has 1 rings (SSSR count). The Morgan fingerprint density at radius 2 is 2.08 bits per heavy atom. The van der Waals surface area contributed by atoms with Crippen molar-refractivity contribution < 1.29 is 0 Å². The van der Waals surface area contributed by atoms with E-state index in [2.05, 4.69) is 16.8 Å². The maximum atomic E-state index is 3.92. The molecule has 0 unspecified atom stereocenters. The predicted molar refractivity (Wildman–Crippen MR) is 53.1 cm³/mol. The van der Waals surface area contributed by atoms with E-state index in [1.54, 1.807) is 6.08 Å². The van der Waals surface area contributed by atoms with Crippen molar-refractivity contribution in [3.05, 3.63) is 36.1 Å². The van der Waals surface area contributed by atoms with Crippen LogP contribution >= 0.6 is 0 Å². The van der Waals surface area contributed by atoms with E-state index in [9.17, 15) is 0 Å². The summed E-state index contributed by atoms with van der Waals surface area (Å²) >= 11 is 0. The highest BCUT2D eigenvalue weighted by Gasteiger charge is 2.04. The lowest BCUT2D eigenvalue weighted by Gasteiger charge is -1.88. The van der Waals surface area contributed by atoms with E-state index in [1.807, 2.05) is 32.9 Å². The molecule has 0 amide bonds. The molecule has 12 heavy (non-hydrogen) atoms. The first-order valence-electron chi connectivity index (χ1n) is 4.24. The largest absolute Gasteiger partial charge is 0.184 e. The topological polar surface area (TPSA) is 24.7 Å². The first-order valence-corrected chi connectivity index (χ1v) is 4.24. The number of hydrogen-bond donors (Lipinski definition) is 0. The van der Waals surface area contributed by atoms with E-state index in [0.29, 0.717) is 6.54 Å². The van der Waals surface area contributed by atoms with Crippen LogP contribution in [0.3, 0.4) is 0 Å². The van der Waals surface area contributed by atoms with Gasteiger partial charge in [0, 0.05) is 5.57 Å². The van der Waals surface area contributed by atoms with Gasteiger partial charge in [-0.15, -0.1) is 0 Å². The number of allylic oxidation sites excluding steroid dienone is 2. The number of rotatable bonds is 2. The Bertz CT molecular complexity index is 222. The molecule has 0 aromatic rings. The van der Waals surface area contributed by atoms with Crippen LogP contribution in [0, 0.1) is 0 Å². The summed E-state index contributed by atoms with van der Waals surface area (Å²) in [7, 11) is 0. The van der Waals surface area contributed by atoms with Crippen molar-refractivity contribution in [2.24, 2.45) is 10.2 Å². The van der Waals surface area contributed by atoms with Gasteiger partial charge in [0.1, 0.15) is 0 Å². The molecule has 0 aromatic heterocycles. The van der Waals surface area contributed by atoms with Crippen molar-refractivity contribution in [1.82, 2.24) is 0 Å². The normalized spacial score (nSPS) is 14.9. The summed E-state index contributed by atoms with van der Waals surface area (Å²) in [5, 5.41) is 7.79. The highest BCUT2D eigenvalue weighted by Crippen LogP contribution is 2.16. The first kappa shape index (κ1) is 10.8. The SMILES string of the molecule is C=CC1=C(/C=C\C)N=NC1.CC. The second-order valence-corrected chi connectivity index (χ2v) is 2.01. The minimum Gasteiger partial charge on any atom is -0.184 e. The van der Waals surface area contributed by atoms with Crippen LogP contribution in [0.25, 0.3) is 0 Å². The van der Waals surface area contributed by atoms with E-state index in [1.165, 1.54) is 0 Å². The van der Waals surface area contributed by atoms with Crippen molar-refractivity contribution in [3.8, 4) is 0 Å². The summed E-state index contributed by atoms with van der Waals surface area (Å²) in [5.74, 6) is 0. The Balaban J connectivity index is 0.000000561. The molecule has 0 fully saturated rings. The van der Waals surface area contributed by atoms with Gasteiger partial charge in [-0.3, -0.25) is 0 Å². The molecule has 1 aliphatic heterocycles. The molecular formula is C10H16N2. The third-order valence-corrected chi connectivity index (χ3v) is 1.32. The van der Waals surface area contributed by atoms with Crippen LogP contribution < -0.4 is 0 Å². The lowest BCUT2D eigenvalue weighted by Crippen LogP contribution is -1.79. The quantitative estimate of drug-likeness (QED) is 0.596. The van der Waals surface area contributed by atoms with Crippen LogP contribution in [0.4, 0.5) is 0 Å². The standard InChI is InChI=1S/C8H10N2.C2H6/c1-3-5-8-7(4-2)6-9-10-8;1-2/h3-5H,2,6H2,1H3;1-2H3/b5-3-;. The van der Waals surface area contributed by atoms with Gasteiger partial charge in [0.05, 0.1) is 12.2 Å². The monoisotopic (exact) mass is 164 g/mol. The molecule has 0 bridgehead atoms. The van der Waals surface area contributed by atoms with E-state index in [0.717, 1.165) is 11.3 Å². The van der Waals surface area contributed by atoms with Gasteiger partial charge in [0.15, 0.2) is 0 Å². The first-order chi connectivity index (χ1) is 5.88. The Hall–Kier alpha value is -1.18. The summed E-state index contributed by atoms with van der Waals surface area (Å²) in [6.07, 6.45) is 5.69. The van der Waals surface area contributed by atoms with Crippen molar-refractivity contribution in [2.75, 3.05) is 6.54 Å². The van der Waals surface area contributed by atoms with Gasteiger partial charge >= 0.3 is 0 Å². The van der Waals surface area contributed by atoms with Gasteiger partial charge < -0.3 is 0 Å². The molecular weight excluding hydrogens is 148 g/mol. The highest BCUT2D eigenvalue weighted by molar-refractivity contribution is 5.34. The number of hydrogen-bond acceptors (Lipinski definition) is 2. The fraction of sp³-hybridized carbons (Fsp3) is 0.400. The fourth-order valence-corrected chi connectivity index (χ4v) is 0.800. The smallest absolute Gasteiger partial charge is 0.0900 e. The third-order valence-electron chi connectivity index (χ3n) is 1.32.